The molecule has 3 fully saturated rings. The molecule has 1 aromatic carbocycles. The number of ether oxygens (including phenoxy) is 2. The van der Waals surface area contributed by atoms with E-state index in [-0.39, 0.29) is 24.2 Å². The highest BCUT2D eigenvalue weighted by Crippen LogP contribution is 2.45. The van der Waals surface area contributed by atoms with E-state index in [2.05, 4.69) is 38.0 Å². The summed E-state index contributed by atoms with van der Waals surface area (Å²) < 4.78 is 12.1. The van der Waals surface area contributed by atoms with E-state index < -0.39 is 5.60 Å². The number of morpholine rings is 1. The average molecular weight is 601 g/mol. The Hall–Kier alpha value is -1.20. The van der Waals surface area contributed by atoms with Crippen molar-refractivity contribution in [3.8, 4) is 0 Å². The van der Waals surface area contributed by atoms with Crippen molar-refractivity contribution in [2.75, 3.05) is 43.9 Å². The van der Waals surface area contributed by atoms with Crippen molar-refractivity contribution in [1.82, 2.24) is 14.7 Å². The van der Waals surface area contributed by atoms with Gasteiger partial charge in [0.15, 0.2) is 0 Å². The van der Waals surface area contributed by atoms with Crippen LogP contribution in [0.1, 0.15) is 40.2 Å². The Balaban J connectivity index is 1.34. The van der Waals surface area contributed by atoms with Gasteiger partial charge in [0.05, 0.1) is 33.9 Å². The van der Waals surface area contributed by atoms with Crippen molar-refractivity contribution in [1.29, 1.82) is 5.41 Å². The van der Waals surface area contributed by atoms with Crippen molar-refractivity contribution in [2.45, 2.75) is 75.4 Å². The van der Waals surface area contributed by atoms with Crippen molar-refractivity contribution in [3.05, 3.63) is 21.1 Å². The van der Waals surface area contributed by atoms with E-state index in [9.17, 15) is 10.2 Å². The number of anilines is 1. The first-order valence-electron chi connectivity index (χ1n) is 12.5. The van der Waals surface area contributed by atoms with Crippen molar-refractivity contribution >= 4 is 56.9 Å². The predicted octanol–water partition coefficient (Wildman–Crippen LogP) is 4.73. The number of rotatable bonds is 3. The molecular weight excluding hydrogens is 566 g/mol. The highest BCUT2D eigenvalue weighted by molar-refractivity contribution is 9.10. The normalized spacial score (nSPS) is 29.9. The van der Waals surface area contributed by atoms with E-state index in [1.165, 1.54) is 0 Å². The lowest BCUT2D eigenvalue weighted by molar-refractivity contribution is -0.214. The summed E-state index contributed by atoms with van der Waals surface area (Å²) >= 11 is 12.1. The molecule has 0 saturated carbocycles. The van der Waals surface area contributed by atoms with Crippen LogP contribution in [0.5, 0.6) is 0 Å². The third-order valence-corrected chi connectivity index (χ3v) is 10.2. The lowest BCUT2D eigenvalue weighted by Gasteiger charge is -2.55. The van der Waals surface area contributed by atoms with Gasteiger partial charge in [0.1, 0.15) is 11.4 Å². The van der Waals surface area contributed by atoms with E-state index in [1.54, 1.807) is 16.7 Å². The van der Waals surface area contributed by atoms with Gasteiger partial charge in [-0.05, 0) is 56.6 Å². The van der Waals surface area contributed by atoms with Crippen LogP contribution in [-0.4, -0.2) is 101 Å². The highest BCUT2D eigenvalue weighted by atomic mass is 79.9. The van der Waals surface area contributed by atoms with E-state index in [1.807, 2.05) is 33.8 Å². The van der Waals surface area contributed by atoms with Crippen LogP contribution in [0.3, 0.4) is 0 Å². The molecule has 0 aromatic heterocycles. The van der Waals surface area contributed by atoms with Gasteiger partial charge < -0.3 is 24.6 Å². The molecule has 1 aromatic rings. The average Bonchev–Trinajstić information content (AvgIpc) is 2.78. The second-order valence-electron chi connectivity index (χ2n) is 11.3. The molecule has 1 unspecified atom stereocenters. The molecule has 0 spiro atoms. The molecular formula is C25H35BrClN5O3S. The van der Waals surface area contributed by atoms with E-state index in [0.29, 0.717) is 36.1 Å². The monoisotopic (exact) mass is 599 g/mol. The molecule has 0 radical (unpaired) electrons. The van der Waals surface area contributed by atoms with Crippen molar-refractivity contribution < 1.29 is 14.3 Å². The van der Waals surface area contributed by atoms with E-state index in [0.717, 1.165) is 46.1 Å². The fourth-order valence-corrected chi connectivity index (χ4v) is 7.34. The van der Waals surface area contributed by atoms with Gasteiger partial charge >= 0.3 is 6.09 Å². The molecule has 4 aliphatic heterocycles. The Morgan fingerprint density at radius 2 is 1.97 bits per heavy atom. The summed E-state index contributed by atoms with van der Waals surface area (Å²) in [6.07, 6.45) is 0.121. The fourth-order valence-electron chi connectivity index (χ4n) is 5.32. The molecule has 8 nitrogen and oxygen atoms in total. The number of benzene rings is 1. The first kappa shape index (κ1) is 26.4. The van der Waals surface area contributed by atoms with Crippen LogP contribution in [0.4, 0.5) is 10.5 Å². The number of amides is 1. The maximum Gasteiger partial charge on any atom is 0.410 e. The molecule has 3 saturated heterocycles. The number of hydrogen-bond acceptors (Lipinski definition) is 7. The number of amidine groups is 1. The van der Waals surface area contributed by atoms with Crippen LogP contribution in [0.2, 0.25) is 5.02 Å². The minimum Gasteiger partial charge on any atom is -0.444 e. The number of halogens is 2. The van der Waals surface area contributed by atoms with Crippen LogP contribution in [-0.2, 0) is 9.47 Å². The third kappa shape index (κ3) is 4.96. The number of likely N-dealkylation sites (tertiary alicyclic amines) is 1. The van der Waals surface area contributed by atoms with Crippen LogP contribution >= 0.6 is 39.3 Å². The topological polar surface area (TPSA) is 81.1 Å². The van der Waals surface area contributed by atoms with Crippen LogP contribution in [0, 0.1) is 5.41 Å². The maximum atomic E-state index is 12.8. The van der Waals surface area contributed by atoms with Crippen LogP contribution in [0.15, 0.2) is 15.4 Å². The molecule has 5 atom stereocenters. The molecule has 5 rings (SSSR count). The molecule has 2 N–H and O–H groups in total. The number of piperazine rings is 1. The van der Waals surface area contributed by atoms with Crippen molar-refractivity contribution in [3.63, 3.8) is 0 Å². The summed E-state index contributed by atoms with van der Waals surface area (Å²) in [7, 11) is 0. The number of fused-ring (bicyclic) bond motifs is 2. The van der Waals surface area contributed by atoms with Gasteiger partial charge in [0.2, 0.25) is 0 Å². The molecule has 0 bridgehead atoms. The predicted molar refractivity (Wildman–Crippen MR) is 148 cm³/mol. The van der Waals surface area contributed by atoms with Gasteiger partial charge in [-0.15, -0.1) is 11.8 Å². The molecule has 4 heterocycles. The standard InChI is InChI=1S/C25H35BrClN5O3S/c1-13-8-32(24(33)35-25(3,4)5)14(2)7-31(13)23(28)16-6-17(27)20(26)22-21(16)29-15(12-36-22)9-30-10-19-18(30)11-34-19/h6,13-15,18-19,28-29H,7-12H2,1-5H3/t13-,14+,15-,18?,19+/m0/s1. The van der Waals surface area contributed by atoms with Crippen LogP contribution < -0.4 is 5.32 Å². The number of hydrogen-bond donors (Lipinski definition) is 2. The highest BCUT2D eigenvalue weighted by Gasteiger charge is 2.48. The third-order valence-electron chi connectivity index (χ3n) is 7.36. The summed E-state index contributed by atoms with van der Waals surface area (Å²) in [6, 6.07) is 2.61. The summed E-state index contributed by atoms with van der Waals surface area (Å²) in [4.78, 5) is 20.2. The number of nitrogens with zero attached hydrogens (tertiary/aromatic N) is 3. The van der Waals surface area contributed by atoms with Gasteiger partial charge in [0.25, 0.3) is 0 Å². The smallest absolute Gasteiger partial charge is 0.410 e. The lowest BCUT2D eigenvalue weighted by atomic mass is 9.94. The van der Waals surface area contributed by atoms with Crippen molar-refractivity contribution in [2.24, 2.45) is 0 Å². The number of carbonyl (C=O) groups excluding carboxylic acids is 1. The molecule has 1 amide bonds. The zero-order valence-electron chi connectivity index (χ0n) is 21.4. The first-order chi connectivity index (χ1) is 16.9. The fraction of sp³-hybridized carbons (Fsp3) is 0.680. The molecule has 11 heteroatoms. The van der Waals surface area contributed by atoms with Gasteiger partial charge in [-0.1, -0.05) is 11.6 Å². The van der Waals surface area contributed by atoms with E-state index in [4.69, 9.17) is 21.1 Å². The van der Waals surface area contributed by atoms with Crippen LogP contribution in [0.25, 0.3) is 0 Å². The molecule has 0 aliphatic carbocycles. The van der Waals surface area contributed by atoms with Gasteiger partial charge in [-0.2, -0.15) is 0 Å². The summed E-state index contributed by atoms with van der Waals surface area (Å²) in [5.41, 5.74) is 1.22. The minimum absolute atomic E-state index is 0.0389. The second kappa shape index (κ2) is 9.84. The first-order valence-corrected chi connectivity index (χ1v) is 14.7. The van der Waals surface area contributed by atoms with Gasteiger partial charge in [0, 0.05) is 60.5 Å². The summed E-state index contributed by atoms with van der Waals surface area (Å²) in [5.74, 6) is 1.36. The number of nitrogens with one attached hydrogen (secondary N) is 2. The SMILES string of the molecule is C[C@@H]1CN(C(=N)c2cc(Cl)c(Br)c3c2N[C@@H](CN2C[C@H]4OCC42)CS3)[C@@H](C)CN1C(=O)OC(C)(C)C. The molecule has 36 heavy (non-hydrogen) atoms. The second-order valence-corrected chi connectivity index (χ2v) is 13.5. The number of thioether (sulfide) groups is 1. The Morgan fingerprint density at radius 1 is 1.28 bits per heavy atom. The minimum atomic E-state index is -0.542. The Labute approximate surface area is 231 Å². The van der Waals surface area contributed by atoms with E-state index >= 15 is 0 Å². The summed E-state index contributed by atoms with van der Waals surface area (Å²) in [5, 5.41) is 13.6. The largest absolute Gasteiger partial charge is 0.444 e. The van der Waals surface area contributed by atoms with Gasteiger partial charge in [-0.3, -0.25) is 10.3 Å². The Morgan fingerprint density at radius 3 is 2.58 bits per heavy atom. The Kier molecular flexibility index (Phi) is 7.22. The number of carbonyl (C=O) groups is 1. The van der Waals surface area contributed by atoms with Gasteiger partial charge in [-0.25, -0.2) is 4.79 Å². The maximum absolute atomic E-state index is 12.8. The zero-order chi connectivity index (χ0) is 25.9. The molecule has 4 aliphatic rings. The lowest BCUT2D eigenvalue weighted by Crippen LogP contribution is -2.71. The summed E-state index contributed by atoms with van der Waals surface area (Å²) in [6.45, 7) is 13.5. The quantitative estimate of drug-likeness (QED) is 0.384. The Bertz CT molecular complexity index is 1070. The molecule has 198 valence electrons. The zero-order valence-corrected chi connectivity index (χ0v) is 24.6.